The van der Waals surface area contributed by atoms with Gasteiger partial charge in [-0.1, -0.05) is 13.8 Å². The van der Waals surface area contributed by atoms with E-state index in [1.165, 1.54) is 0 Å². The minimum Gasteiger partial charge on any atom is -0.463 e. The molecular weight excluding hydrogens is 182 g/mol. The lowest BCUT2D eigenvalue weighted by molar-refractivity contribution is -0.144. The van der Waals surface area contributed by atoms with Crippen molar-refractivity contribution in [2.24, 2.45) is 0 Å². The summed E-state index contributed by atoms with van der Waals surface area (Å²) >= 11 is 0. The highest BCUT2D eigenvalue weighted by atomic mass is 16.6. The SMILES string of the molecule is CCCNCCOCCOC(=O)CC. The summed E-state index contributed by atoms with van der Waals surface area (Å²) in [5, 5.41) is 3.21. The van der Waals surface area contributed by atoms with Crippen LogP contribution in [0.2, 0.25) is 0 Å². The number of esters is 1. The Labute approximate surface area is 86.0 Å². The average molecular weight is 203 g/mol. The number of nitrogens with one attached hydrogen (secondary N) is 1. The van der Waals surface area contributed by atoms with E-state index in [2.05, 4.69) is 12.2 Å². The van der Waals surface area contributed by atoms with Gasteiger partial charge in [-0.2, -0.15) is 0 Å². The van der Waals surface area contributed by atoms with Crippen molar-refractivity contribution in [1.29, 1.82) is 0 Å². The van der Waals surface area contributed by atoms with Crippen LogP contribution in [0.4, 0.5) is 0 Å². The van der Waals surface area contributed by atoms with Crippen LogP contribution in [0.3, 0.4) is 0 Å². The Morgan fingerprint density at radius 2 is 1.93 bits per heavy atom. The van der Waals surface area contributed by atoms with E-state index >= 15 is 0 Å². The standard InChI is InChI=1S/C10H21NO3/c1-3-5-11-6-7-13-8-9-14-10(12)4-2/h11H,3-9H2,1-2H3. The summed E-state index contributed by atoms with van der Waals surface area (Å²) in [5.74, 6) is -0.169. The highest BCUT2D eigenvalue weighted by Gasteiger charge is 1.96. The topological polar surface area (TPSA) is 47.6 Å². The summed E-state index contributed by atoms with van der Waals surface area (Å²) in [4.78, 5) is 10.7. The van der Waals surface area contributed by atoms with E-state index in [-0.39, 0.29) is 5.97 Å². The lowest BCUT2D eigenvalue weighted by Crippen LogP contribution is -2.21. The van der Waals surface area contributed by atoms with E-state index in [4.69, 9.17) is 9.47 Å². The van der Waals surface area contributed by atoms with Crippen molar-refractivity contribution in [3.8, 4) is 0 Å². The van der Waals surface area contributed by atoms with Crippen molar-refractivity contribution < 1.29 is 14.3 Å². The zero-order valence-electron chi connectivity index (χ0n) is 9.17. The van der Waals surface area contributed by atoms with Crippen LogP contribution in [-0.4, -0.2) is 38.9 Å². The summed E-state index contributed by atoms with van der Waals surface area (Å²) in [7, 11) is 0. The van der Waals surface area contributed by atoms with Crippen LogP contribution >= 0.6 is 0 Å². The molecule has 84 valence electrons. The van der Waals surface area contributed by atoms with Crippen molar-refractivity contribution in [3.05, 3.63) is 0 Å². The lowest BCUT2D eigenvalue weighted by atomic mass is 10.5. The molecule has 0 aromatic heterocycles. The predicted octanol–water partition coefficient (Wildman–Crippen LogP) is 0.956. The summed E-state index contributed by atoms with van der Waals surface area (Å²) in [6, 6.07) is 0. The molecule has 0 heterocycles. The number of carbonyl (C=O) groups excluding carboxylic acids is 1. The van der Waals surface area contributed by atoms with E-state index in [9.17, 15) is 4.79 Å². The van der Waals surface area contributed by atoms with Crippen LogP contribution in [-0.2, 0) is 14.3 Å². The first-order valence-corrected chi connectivity index (χ1v) is 5.25. The van der Waals surface area contributed by atoms with Gasteiger partial charge in [-0.3, -0.25) is 4.79 Å². The van der Waals surface area contributed by atoms with Gasteiger partial charge in [-0.05, 0) is 13.0 Å². The Bertz CT molecular complexity index is 139. The van der Waals surface area contributed by atoms with Crippen molar-refractivity contribution in [3.63, 3.8) is 0 Å². The summed E-state index contributed by atoms with van der Waals surface area (Å²) in [5.41, 5.74) is 0. The predicted molar refractivity (Wildman–Crippen MR) is 55.2 cm³/mol. The number of rotatable bonds is 9. The number of hydrogen-bond acceptors (Lipinski definition) is 4. The molecule has 0 saturated heterocycles. The van der Waals surface area contributed by atoms with Gasteiger partial charge in [0, 0.05) is 13.0 Å². The van der Waals surface area contributed by atoms with Gasteiger partial charge in [0.25, 0.3) is 0 Å². The highest BCUT2D eigenvalue weighted by molar-refractivity contribution is 5.68. The van der Waals surface area contributed by atoms with Gasteiger partial charge in [0.2, 0.25) is 0 Å². The maximum atomic E-state index is 10.7. The van der Waals surface area contributed by atoms with Gasteiger partial charge in [-0.15, -0.1) is 0 Å². The molecule has 0 rings (SSSR count). The molecule has 0 radical (unpaired) electrons. The van der Waals surface area contributed by atoms with Crippen LogP contribution < -0.4 is 5.32 Å². The molecule has 0 atom stereocenters. The molecular formula is C10H21NO3. The normalized spacial score (nSPS) is 10.1. The first-order valence-electron chi connectivity index (χ1n) is 5.25. The fourth-order valence-corrected chi connectivity index (χ4v) is 0.865. The molecule has 4 heteroatoms. The van der Waals surface area contributed by atoms with Gasteiger partial charge in [0.15, 0.2) is 0 Å². The molecule has 14 heavy (non-hydrogen) atoms. The van der Waals surface area contributed by atoms with E-state index in [1.807, 2.05) is 0 Å². The average Bonchev–Trinajstić information content (AvgIpc) is 2.21. The second-order valence-electron chi connectivity index (χ2n) is 2.94. The second-order valence-corrected chi connectivity index (χ2v) is 2.94. The Morgan fingerprint density at radius 3 is 2.57 bits per heavy atom. The Morgan fingerprint density at radius 1 is 1.14 bits per heavy atom. The molecule has 0 aliphatic heterocycles. The van der Waals surface area contributed by atoms with Crippen molar-refractivity contribution >= 4 is 5.97 Å². The van der Waals surface area contributed by atoms with Crippen molar-refractivity contribution in [2.75, 3.05) is 32.9 Å². The van der Waals surface area contributed by atoms with Crippen molar-refractivity contribution in [1.82, 2.24) is 5.32 Å². The molecule has 0 bridgehead atoms. The van der Waals surface area contributed by atoms with E-state index in [1.54, 1.807) is 6.92 Å². The van der Waals surface area contributed by atoms with Crippen LogP contribution in [0.15, 0.2) is 0 Å². The highest BCUT2D eigenvalue weighted by Crippen LogP contribution is 1.84. The largest absolute Gasteiger partial charge is 0.463 e. The Balaban J connectivity index is 2.95. The monoisotopic (exact) mass is 203 g/mol. The molecule has 0 aromatic carbocycles. The maximum Gasteiger partial charge on any atom is 0.305 e. The fraction of sp³-hybridized carbons (Fsp3) is 0.900. The van der Waals surface area contributed by atoms with Gasteiger partial charge in [0.1, 0.15) is 6.61 Å². The van der Waals surface area contributed by atoms with Gasteiger partial charge in [-0.25, -0.2) is 0 Å². The quantitative estimate of drug-likeness (QED) is 0.448. The zero-order valence-corrected chi connectivity index (χ0v) is 9.17. The number of carbonyl (C=O) groups is 1. The first-order chi connectivity index (χ1) is 6.81. The lowest BCUT2D eigenvalue weighted by Gasteiger charge is -2.05. The Hall–Kier alpha value is -0.610. The van der Waals surface area contributed by atoms with Gasteiger partial charge < -0.3 is 14.8 Å². The number of ether oxygens (including phenoxy) is 2. The van der Waals surface area contributed by atoms with Crippen LogP contribution in [0.25, 0.3) is 0 Å². The zero-order chi connectivity index (χ0) is 10.6. The van der Waals surface area contributed by atoms with Gasteiger partial charge in [0.05, 0.1) is 13.2 Å². The van der Waals surface area contributed by atoms with Crippen LogP contribution in [0, 0.1) is 0 Å². The molecule has 0 aromatic rings. The molecule has 0 saturated carbocycles. The minimum atomic E-state index is -0.169. The van der Waals surface area contributed by atoms with E-state index in [0.717, 1.165) is 19.5 Å². The fourth-order valence-electron chi connectivity index (χ4n) is 0.865. The molecule has 0 unspecified atom stereocenters. The van der Waals surface area contributed by atoms with Crippen LogP contribution in [0.5, 0.6) is 0 Å². The second kappa shape index (κ2) is 10.5. The van der Waals surface area contributed by atoms with Crippen molar-refractivity contribution in [2.45, 2.75) is 26.7 Å². The smallest absolute Gasteiger partial charge is 0.305 e. The van der Waals surface area contributed by atoms with Gasteiger partial charge >= 0.3 is 5.97 Å². The summed E-state index contributed by atoms with van der Waals surface area (Å²) in [6.45, 7) is 7.29. The van der Waals surface area contributed by atoms with Crippen LogP contribution in [0.1, 0.15) is 26.7 Å². The maximum absolute atomic E-state index is 10.7. The van der Waals surface area contributed by atoms with E-state index in [0.29, 0.717) is 26.2 Å². The third-order valence-corrected chi connectivity index (χ3v) is 1.63. The summed E-state index contributed by atoms with van der Waals surface area (Å²) in [6.07, 6.45) is 1.56. The molecule has 1 N–H and O–H groups in total. The molecule has 0 spiro atoms. The summed E-state index contributed by atoms with van der Waals surface area (Å²) < 4.78 is 10.1. The van der Waals surface area contributed by atoms with E-state index < -0.39 is 0 Å². The number of hydrogen-bond donors (Lipinski definition) is 1. The Kier molecular flexibility index (Phi) is 10.0. The third-order valence-electron chi connectivity index (χ3n) is 1.63. The molecule has 0 aliphatic rings. The molecule has 0 aliphatic carbocycles. The molecule has 0 fully saturated rings. The minimum absolute atomic E-state index is 0.169. The molecule has 0 amide bonds. The first kappa shape index (κ1) is 13.4. The molecule has 4 nitrogen and oxygen atoms in total. The third kappa shape index (κ3) is 9.48.